The molecule has 3 aliphatic heterocycles. The summed E-state index contributed by atoms with van der Waals surface area (Å²) in [4.78, 5) is 21.4. The number of piperazine rings is 1. The molecule has 102 valence electrons. The largest absolute Gasteiger partial charge is 0.340 e. The first-order valence-corrected chi connectivity index (χ1v) is 7.84. The molecule has 2 atom stereocenters. The Morgan fingerprint density at radius 2 is 2.11 bits per heavy atom. The number of nitrogens with one attached hydrogen (secondary N) is 1. The lowest BCUT2D eigenvalue weighted by Gasteiger charge is -2.35. The van der Waals surface area contributed by atoms with Crippen molar-refractivity contribution >= 4 is 22.9 Å². The Morgan fingerprint density at radius 1 is 1.32 bits per heavy atom. The molecule has 4 heterocycles. The van der Waals surface area contributed by atoms with Crippen molar-refractivity contribution in [1.29, 1.82) is 0 Å². The highest BCUT2D eigenvalue weighted by Gasteiger charge is 2.38. The lowest BCUT2D eigenvalue weighted by Crippen LogP contribution is -2.51. The highest BCUT2D eigenvalue weighted by atomic mass is 32.1. The number of nitrogens with zero attached hydrogens (tertiary/aromatic N) is 3. The van der Waals surface area contributed by atoms with E-state index in [-0.39, 0.29) is 0 Å². The second kappa shape index (κ2) is 4.45. The molecule has 19 heavy (non-hydrogen) atoms. The minimum absolute atomic E-state index is 0.619. The maximum atomic E-state index is 10.9. The highest BCUT2D eigenvalue weighted by Crippen LogP contribution is 2.37. The molecule has 0 aromatic carbocycles. The standard InChI is InChI=1S/C13H18N4OS/c18-8-16-4-3-11-12(7-16)19-13(15-11)17-9-1-2-10(17)6-14-5-9/h8-10,14H,1-7H2. The van der Waals surface area contributed by atoms with Crippen molar-refractivity contribution in [2.75, 3.05) is 24.5 Å². The van der Waals surface area contributed by atoms with E-state index in [1.54, 1.807) is 11.3 Å². The molecule has 6 heteroatoms. The minimum atomic E-state index is 0.619. The summed E-state index contributed by atoms with van der Waals surface area (Å²) in [5.41, 5.74) is 1.22. The average Bonchev–Trinajstić information content (AvgIpc) is 2.95. The average molecular weight is 278 g/mol. The first-order valence-electron chi connectivity index (χ1n) is 7.02. The number of thiazole rings is 1. The lowest BCUT2D eigenvalue weighted by atomic mass is 10.2. The molecular formula is C13H18N4OS. The van der Waals surface area contributed by atoms with Gasteiger partial charge in [-0.2, -0.15) is 0 Å². The smallest absolute Gasteiger partial charge is 0.210 e. The molecule has 2 bridgehead atoms. The summed E-state index contributed by atoms with van der Waals surface area (Å²) < 4.78 is 0. The monoisotopic (exact) mass is 278 g/mol. The van der Waals surface area contributed by atoms with E-state index in [4.69, 9.17) is 4.98 Å². The van der Waals surface area contributed by atoms with Crippen LogP contribution in [0.5, 0.6) is 0 Å². The zero-order valence-corrected chi connectivity index (χ0v) is 11.7. The molecule has 5 nitrogen and oxygen atoms in total. The summed E-state index contributed by atoms with van der Waals surface area (Å²) in [6.07, 6.45) is 4.42. The molecule has 2 unspecified atom stereocenters. The number of aromatic nitrogens is 1. The van der Waals surface area contributed by atoms with Gasteiger partial charge in [0.25, 0.3) is 0 Å². The maximum Gasteiger partial charge on any atom is 0.210 e. The van der Waals surface area contributed by atoms with Crippen molar-refractivity contribution in [2.45, 2.75) is 37.9 Å². The second-order valence-corrected chi connectivity index (χ2v) is 6.70. The predicted molar refractivity (Wildman–Crippen MR) is 74.5 cm³/mol. The lowest BCUT2D eigenvalue weighted by molar-refractivity contribution is -0.118. The van der Waals surface area contributed by atoms with Crippen molar-refractivity contribution in [3.05, 3.63) is 10.6 Å². The summed E-state index contributed by atoms with van der Waals surface area (Å²) in [5, 5.41) is 4.69. The van der Waals surface area contributed by atoms with Crippen LogP contribution in [0.15, 0.2) is 0 Å². The van der Waals surface area contributed by atoms with Crippen LogP contribution in [0.3, 0.4) is 0 Å². The van der Waals surface area contributed by atoms with Crippen molar-refractivity contribution in [2.24, 2.45) is 0 Å². The van der Waals surface area contributed by atoms with Gasteiger partial charge in [0.05, 0.1) is 12.2 Å². The van der Waals surface area contributed by atoms with E-state index < -0.39 is 0 Å². The van der Waals surface area contributed by atoms with E-state index in [1.165, 1.54) is 28.5 Å². The van der Waals surface area contributed by atoms with Gasteiger partial charge in [-0.05, 0) is 12.8 Å². The number of hydrogen-bond acceptors (Lipinski definition) is 5. The Balaban J connectivity index is 1.63. The molecule has 1 aromatic rings. The maximum absolute atomic E-state index is 10.9. The van der Waals surface area contributed by atoms with Gasteiger partial charge >= 0.3 is 0 Å². The Hall–Kier alpha value is -1.14. The molecule has 1 aromatic heterocycles. The topological polar surface area (TPSA) is 48.5 Å². The summed E-state index contributed by atoms with van der Waals surface area (Å²) in [6, 6.07) is 1.24. The van der Waals surface area contributed by atoms with E-state index in [9.17, 15) is 4.79 Å². The number of hydrogen-bond donors (Lipinski definition) is 1. The van der Waals surface area contributed by atoms with Gasteiger partial charge in [-0.25, -0.2) is 4.98 Å². The van der Waals surface area contributed by atoms with Crippen molar-refractivity contribution < 1.29 is 4.79 Å². The highest BCUT2D eigenvalue weighted by molar-refractivity contribution is 7.15. The second-order valence-electron chi connectivity index (χ2n) is 5.64. The SMILES string of the molecule is O=CN1CCc2nc(N3C4CCC3CNC4)sc2C1. The number of fused-ring (bicyclic) bond motifs is 3. The third-order valence-electron chi connectivity index (χ3n) is 4.50. The molecule has 0 aliphatic carbocycles. The van der Waals surface area contributed by atoms with Gasteiger partial charge in [0.2, 0.25) is 6.41 Å². The van der Waals surface area contributed by atoms with E-state index in [0.717, 1.165) is 39.0 Å². The Bertz CT molecular complexity index is 487. The number of carbonyl (C=O) groups is 1. The van der Waals surface area contributed by atoms with Crippen LogP contribution in [0, 0.1) is 0 Å². The van der Waals surface area contributed by atoms with Crippen LogP contribution in [0.25, 0.3) is 0 Å². The Kier molecular flexibility index (Phi) is 2.73. The van der Waals surface area contributed by atoms with E-state index >= 15 is 0 Å². The molecular weight excluding hydrogens is 260 g/mol. The Labute approximate surface area is 116 Å². The summed E-state index contributed by atoms with van der Waals surface area (Å²) in [5.74, 6) is 0. The molecule has 0 saturated carbocycles. The molecule has 2 fully saturated rings. The van der Waals surface area contributed by atoms with Crippen LogP contribution in [0.4, 0.5) is 5.13 Å². The fraction of sp³-hybridized carbons (Fsp3) is 0.692. The van der Waals surface area contributed by atoms with E-state index in [0.29, 0.717) is 12.1 Å². The summed E-state index contributed by atoms with van der Waals surface area (Å²) >= 11 is 1.79. The van der Waals surface area contributed by atoms with Crippen LogP contribution in [-0.2, 0) is 17.8 Å². The summed E-state index contributed by atoms with van der Waals surface area (Å²) in [6.45, 7) is 3.73. The number of carbonyl (C=O) groups excluding carboxylic acids is 1. The zero-order chi connectivity index (χ0) is 12.8. The van der Waals surface area contributed by atoms with Gasteiger partial charge in [0, 0.05) is 43.0 Å². The number of amides is 1. The van der Waals surface area contributed by atoms with Gasteiger partial charge in [-0.15, -0.1) is 0 Å². The normalized spacial score (nSPS) is 29.5. The molecule has 1 amide bonds. The predicted octanol–water partition coefficient (Wildman–Crippen LogP) is 0.598. The van der Waals surface area contributed by atoms with E-state index in [1.807, 2.05) is 4.90 Å². The van der Waals surface area contributed by atoms with Gasteiger partial charge < -0.3 is 15.1 Å². The van der Waals surface area contributed by atoms with E-state index in [2.05, 4.69) is 10.2 Å². The molecule has 3 aliphatic rings. The third kappa shape index (κ3) is 1.85. The zero-order valence-electron chi connectivity index (χ0n) is 10.8. The summed E-state index contributed by atoms with van der Waals surface area (Å²) in [7, 11) is 0. The number of anilines is 1. The first kappa shape index (κ1) is 11.7. The van der Waals surface area contributed by atoms with Crippen LogP contribution in [0.2, 0.25) is 0 Å². The fourth-order valence-electron chi connectivity index (χ4n) is 3.49. The molecule has 0 radical (unpaired) electrons. The van der Waals surface area contributed by atoms with Gasteiger partial charge in [-0.1, -0.05) is 11.3 Å². The van der Waals surface area contributed by atoms with Crippen LogP contribution >= 0.6 is 11.3 Å². The molecule has 1 N–H and O–H groups in total. The van der Waals surface area contributed by atoms with Crippen LogP contribution in [-0.4, -0.2) is 48.0 Å². The minimum Gasteiger partial charge on any atom is -0.340 e. The molecule has 4 rings (SSSR count). The van der Waals surface area contributed by atoms with Crippen molar-refractivity contribution in [1.82, 2.24) is 15.2 Å². The van der Waals surface area contributed by atoms with Crippen molar-refractivity contribution in [3.63, 3.8) is 0 Å². The fourth-order valence-corrected chi connectivity index (χ4v) is 4.77. The number of rotatable bonds is 2. The quantitative estimate of drug-likeness (QED) is 0.805. The third-order valence-corrected chi connectivity index (χ3v) is 5.60. The van der Waals surface area contributed by atoms with Gasteiger partial charge in [-0.3, -0.25) is 4.79 Å². The first-order chi connectivity index (χ1) is 9.35. The van der Waals surface area contributed by atoms with Crippen molar-refractivity contribution in [3.8, 4) is 0 Å². The molecule has 2 saturated heterocycles. The van der Waals surface area contributed by atoms with Crippen LogP contribution in [0.1, 0.15) is 23.4 Å². The Morgan fingerprint density at radius 3 is 2.84 bits per heavy atom. The molecule has 0 spiro atoms. The van der Waals surface area contributed by atoms with Crippen LogP contribution < -0.4 is 10.2 Å². The van der Waals surface area contributed by atoms with Gasteiger partial charge in [0.15, 0.2) is 5.13 Å². The van der Waals surface area contributed by atoms with Gasteiger partial charge in [0.1, 0.15) is 0 Å².